The third-order valence-electron chi connectivity index (χ3n) is 2.26. The molecule has 5 nitrogen and oxygen atoms in total. The Morgan fingerprint density at radius 3 is 1.71 bits per heavy atom. The molecule has 0 N–H and O–H groups in total. The molecular weight excluding hydrogens is 220 g/mol. The highest BCUT2D eigenvalue weighted by Gasteiger charge is 1.95. The maximum Gasteiger partial charge on any atom is 0.252 e. The minimum Gasteiger partial charge on any atom is -0.340 e. The van der Waals surface area contributed by atoms with Crippen molar-refractivity contribution in [2.24, 2.45) is 0 Å². The Labute approximate surface area is 97.5 Å². The van der Waals surface area contributed by atoms with Gasteiger partial charge in [-0.3, -0.25) is 18.7 Å². The number of pyridine rings is 2. The van der Waals surface area contributed by atoms with Gasteiger partial charge in [0.25, 0.3) is 11.1 Å². The standard InChI is InChI=1S/C12H12N2O3/c15-11-5-1-3-7-13(11)9-17-10-14-8-4-2-6-12(14)16/h1-8H,9-10H2. The van der Waals surface area contributed by atoms with Crippen LogP contribution in [0.1, 0.15) is 0 Å². The maximum atomic E-state index is 11.3. The van der Waals surface area contributed by atoms with Crippen LogP contribution >= 0.6 is 0 Å². The maximum absolute atomic E-state index is 11.3. The van der Waals surface area contributed by atoms with Crippen molar-refractivity contribution in [1.82, 2.24) is 9.13 Å². The molecule has 0 amide bonds. The molecule has 0 radical (unpaired) electrons. The van der Waals surface area contributed by atoms with Crippen LogP contribution in [0.2, 0.25) is 0 Å². The van der Waals surface area contributed by atoms with E-state index >= 15 is 0 Å². The van der Waals surface area contributed by atoms with Crippen LogP contribution in [0.25, 0.3) is 0 Å². The van der Waals surface area contributed by atoms with Gasteiger partial charge in [0.1, 0.15) is 13.5 Å². The fourth-order valence-electron chi connectivity index (χ4n) is 1.37. The van der Waals surface area contributed by atoms with Gasteiger partial charge in [-0.1, -0.05) is 12.1 Å². The number of hydrogen-bond acceptors (Lipinski definition) is 3. The Balaban J connectivity index is 1.97. The lowest BCUT2D eigenvalue weighted by atomic mass is 10.5. The Kier molecular flexibility index (Phi) is 3.52. The molecule has 2 aromatic heterocycles. The van der Waals surface area contributed by atoms with Gasteiger partial charge >= 0.3 is 0 Å². The van der Waals surface area contributed by atoms with Crippen LogP contribution in [0.15, 0.2) is 58.4 Å². The van der Waals surface area contributed by atoms with E-state index in [1.807, 2.05) is 0 Å². The van der Waals surface area contributed by atoms with Gasteiger partial charge in [-0.05, 0) is 12.1 Å². The fraction of sp³-hybridized carbons (Fsp3) is 0.167. The average Bonchev–Trinajstić information content (AvgIpc) is 2.34. The first-order valence-corrected chi connectivity index (χ1v) is 5.16. The quantitative estimate of drug-likeness (QED) is 0.777. The van der Waals surface area contributed by atoms with Gasteiger partial charge in [0.05, 0.1) is 0 Å². The zero-order valence-corrected chi connectivity index (χ0v) is 9.15. The molecule has 2 aromatic rings. The Hall–Kier alpha value is -2.14. The number of hydrogen-bond donors (Lipinski definition) is 0. The smallest absolute Gasteiger partial charge is 0.252 e. The van der Waals surface area contributed by atoms with Crippen molar-refractivity contribution >= 4 is 0 Å². The monoisotopic (exact) mass is 232 g/mol. The summed E-state index contributed by atoms with van der Waals surface area (Å²) in [4.78, 5) is 22.7. The normalized spacial score (nSPS) is 10.4. The van der Waals surface area contributed by atoms with E-state index in [9.17, 15) is 9.59 Å². The van der Waals surface area contributed by atoms with E-state index in [0.29, 0.717) is 0 Å². The largest absolute Gasteiger partial charge is 0.340 e. The third kappa shape index (κ3) is 2.92. The van der Waals surface area contributed by atoms with Crippen molar-refractivity contribution in [3.63, 3.8) is 0 Å². The van der Waals surface area contributed by atoms with Crippen LogP contribution in [-0.4, -0.2) is 9.13 Å². The SMILES string of the molecule is O=c1ccccn1COCn1ccccc1=O. The second kappa shape index (κ2) is 5.27. The van der Waals surface area contributed by atoms with Crippen LogP contribution in [0.3, 0.4) is 0 Å². The van der Waals surface area contributed by atoms with E-state index < -0.39 is 0 Å². The fourth-order valence-corrected chi connectivity index (χ4v) is 1.37. The average molecular weight is 232 g/mol. The van der Waals surface area contributed by atoms with Gasteiger partial charge in [-0.15, -0.1) is 0 Å². The molecule has 0 saturated carbocycles. The van der Waals surface area contributed by atoms with Gasteiger partial charge in [0.15, 0.2) is 0 Å². The van der Waals surface area contributed by atoms with Gasteiger partial charge < -0.3 is 4.74 Å². The molecule has 88 valence electrons. The second-order valence-electron chi connectivity index (χ2n) is 3.48. The summed E-state index contributed by atoms with van der Waals surface area (Å²) in [7, 11) is 0. The summed E-state index contributed by atoms with van der Waals surface area (Å²) in [5, 5.41) is 0. The molecular formula is C12H12N2O3. The number of ether oxygens (including phenoxy) is 1. The molecule has 0 aliphatic carbocycles. The van der Waals surface area contributed by atoms with Crippen LogP contribution in [-0.2, 0) is 18.2 Å². The van der Waals surface area contributed by atoms with Crippen molar-refractivity contribution < 1.29 is 4.74 Å². The van der Waals surface area contributed by atoms with Crippen LogP contribution in [0.5, 0.6) is 0 Å². The lowest BCUT2D eigenvalue weighted by Crippen LogP contribution is -2.23. The summed E-state index contributed by atoms with van der Waals surface area (Å²) >= 11 is 0. The van der Waals surface area contributed by atoms with Gasteiger partial charge in [0.2, 0.25) is 0 Å². The topological polar surface area (TPSA) is 53.2 Å². The Bertz CT molecular complexity index is 547. The third-order valence-corrected chi connectivity index (χ3v) is 2.26. The predicted octanol–water partition coefficient (Wildman–Crippen LogP) is 0.642. The second-order valence-corrected chi connectivity index (χ2v) is 3.48. The summed E-state index contributed by atoms with van der Waals surface area (Å²) in [5.74, 6) is 0. The lowest BCUT2D eigenvalue weighted by Gasteiger charge is -2.08. The minimum absolute atomic E-state index is 0.126. The molecule has 0 fully saturated rings. The van der Waals surface area contributed by atoms with Crippen molar-refractivity contribution in [3.05, 3.63) is 69.5 Å². The van der Waals surface area contributed by atoms with Crippen molar-refractivity contribution in [2.45, 2.75) is 13.5 Å². The van der Waals surface area contributed by atoms with E-state index in [1.165, 1.54) is 21.3 Å². The van der Waals surface area contributed by atoms with Gasteiger partial charge in [-0.2, -0.15) is 0 Å². The summed E-state index contributed by atoms with van der Waals surface area (Å²) in [6.07, 6.45) is 3.27. The van der Waals surface area contributed by atoms with Crippen molar-refractivity contribution in [1.29, 1.82) is 0 Å². The zero-order chi connectivity index (χ0) is 12.1. The van der Waals surface area contributed by atoms with Gasteiger partial charge in [-0.25, -0.2) is 0 Å². The summed E-state index contributed by atoms with van der Waals surface area (Å²) in [5.41, 5.74) is -0.263. The Morgan fingerprint density at radius 1 is 0.824 bits per heavy atom. The molecule has 17 heavy (non-hydrogen) atoms. The summed E-state index contributed by atoms with van der Waals surface area (Å²) in [6, 6.07) is 9.75. The molecule has 2 heterocycles. The lowest BCUT2D eigenvalue weighted by molar-refractivity contribution is 0.0238. The van der Waals surface area contributed by atoms with E-state index in [2.05, 4.69) is 0 Å². The molecule has 0 bridgehead atoms. The van der Waals surface area contributed by atoms with E-state index in [-0.39, 0.29) is 24.6 Å². The van der Waals surface area contributed by atoms with Crippen molar-refractivity contribution in [3.8, 4) is 0 Å². The first-order chi connectivity index (χ1) is 8.27. The summed E-state index contributed by atoms with van der Waals surface area (Å²) < 4.78 is 8.14. The van der Waals surface area contributed by atoms with E-state index in [1.54, 1.807) is 36.7 Å². The summed E-state index contributed by atoms with van der Waals surface area (Å²) in [6.45, 7) is 0.252. The first kappa shape index (κ1) is 11.3. The molecule has 0 spiro atoms. The molecule has 0 aromatic carbocycles. The minimum atomic E-state index is -0.132. The first-order valence-electron chi connectivity index (χ1n) is 5.16. The number of aromatic nitrogens is 2. The van der Waals surface area contributed by atoms with Crippen molar-refractivity contribution in [2.75, 3.05) is 0 Å². The molecule has 0 aliphatic rings. The van der Waals surface area contributed by atoms with E-state index in [4.69, 9.17) is 4.74 Å². The molecule has 0 atom stereocenters. The van der Waals surface area contributed by atoms with Crippen LogP contribution in [0.4, 0.5) is 0 Å². The number of nitrogens with zero attached hydrogens (tertiary/aromatic N) is 2. The highest BCUT2D eigenvalue weighted by Crippen LogP contribution is 1.88. The van der Waals surface area contributed by atoms with Crippen LogP contribution < -0.4 is 11.1 Å². The highest BCUT2D eigenvalue weighted by atomic mass is 16.5. The Morgan fingerprint density at radius 2 is 1.29 bits per heavy atom. The molecule has 5 heteroatoms. The van der Waals surface area contributed by atoms with Crippen LogP contribution in [0, 0.1) is 0 Å². The highest BCUT2D eigenvalue weighted by molar-refractivity contribution is 4.93. The zero-order valence-electron chi connectivity index (χ0n) is 9.15. The molecule has 0 aliphatic heterocycles. The number of rotatable bonds is 4. The van der Waals surface area contributed by atoms with Gasteiger partial charge in [0, 0.05) is 24.5 Å². The molecule has 2 rings (SSSR count). The molecule has 0 unspecified atom stereocenters. The molecule has 0 saturated heterocycles. The predicted molar refractivity (Wildman–Crippen MR) is 62.5 cm³/mol. The van der Waals surface area contributed by atoms with E-state index in [0.717, 1.165) is 0 Å².